The number of hydrogen-bond acceptors (Lipinski definition) is 12. The van der Waals surface area contributed by atoms with Gasteiger partial charge in [0.2, 0.25) is 0 Å². The highest BCUT2D eigenvalue weighted by Crippen LogP contribution is 2.32. The second-order valence-corrected chi connectivity index (χ2v) is 10.3. The van der Waals surface area contributed by atoms with E-state index in [9.17, 15) is 28.5 Å². The van der Waals surface area contributed by atoms with E-state index in [1.54, 1.807) is 0 Å². The zero-order chi connectivity index (χ0) is 27.0. The Kier molecular flexibility index (Phi) is 7.28. The van der Waals surface area contributed by atoms with Crippen LogP contribution in [0.2, 0.25) is 0 Å². The molecule has 0 radical (unpaired) electrons. The number of amides is 1. The number of aromatic nitrogens is 4. The van der Waals surface area contributed by atoms with Gasteiger partial charge in [0.15, 0.2) is 29.0 Å². The summed E-state index contributed by atoms with van der Waals surface area (Å²) in [4.78, 5) is 25.7. The van der Waals surface area contributed by atoms with E-state index in [1.807, 2.05) is 0 Å². The Morgan fingerprint density at radius 1 is 1.16 bits per heavy atom. The van der Waals surface area contributed by atoms with Crippen molar-refractivity contribution in [1.29, 1.82) is 0 Å². The Labute approximate surface area is 216 Å². The van der Waals surface area contributed by atoms with Gasteiger partial charge in [-0.05, 0) is 30.7 Å². The van der Waals surface area contributed by atoms with Crippen molar-refractivity contribution in [2.45, 2.75) is 48.4 Å². The summed E-state index contributed by atoms with van der Waals surface area (Å²) in [5, 5.41) is 36.1. The van der Waals surface area contributed by atoms with Gasteiger partial charge >= 0.3 is 0 Å². The highest BCUT2D eigenvalue weighted by atomic mass is 32.2. The van der Waals surface area contributed by atoms with Crippen LogP contribution in [-0.2, 0) is 26.1 Å². The van der Waals surface area contributed by atoms with E-state index in [0.29, 0.717) is 24.5 Å². The van der Waals surface area contributed by atoms with Crippen LogP contribution in [0.4, 0.5) is 5.82 Å². The molecule has 1 unspecified atom stereocenters. The molecule has 2 saturated heterocycles. The first-order chi connectivity index (χ1) is 18.2. The number of nitrogens with one attached hydrogen (secondary N) is 2. The fourth-order valence-corrected chi connectivity index (χ4v) is 4.80. The SMILES string of the molecule is O=C(NCc1nc(NC2CCOC2)c2ncn([C@@H]3O[C@H](CO)[C@@H](O)[C@H]3O)c2n1)c1ccc(S(=O)(=O)O)cc1. The Morgan fingerprint density at radius 2 is 1.92 bits per heavy atom. The summed E-state index contributed by atoms with van der Waals surface area (Å²) in [7, 11) is -4.39. The molecule has 2 aliphatic rings. The maximum Gasteiger partial charge on any atom is 0.294 e. The second kappa shape index (κ2) is 10.5. The molecule has 2 aromatic heterocycles. The van der Waals surface area contributed by atoms with Gasteiger partial charge in [0, 0.05) is 12.2 Å². The molecule has 0 spiro atoms. The van der Waals surface area contributed by atoms with E-state index in [2.05, 4.69) is 25.6 Å². The van der Waals surface area contributed by atoms with Crippen LogP contribution in [0, 0.1) is 0 Å². The molecule has 1 aromatic carbocycles. The predicted octanol–water partition coefficient (Wildman–Crippen LogP) is -1.18. The van der Waals surface area contributed by atoms with Gasteiger partial charge in [-0.1, -0.05) is 0 Å². The number of ether oxygens (including phenoxy) is 2. The maximum atomic E-state index is 12.6. The maximum absolute atomic E-state index is 12.6. The van der Waals surface area contributed by atoms with Crippen LogP contribution in [0.15, 0.2) is 35.5 Å². The molecule has 2 fully saturated rings. The number of aliphatic hydroxyl groups is 3. The third kappa shape index (κ3) is 5.19. The lowest BCUT2D eigenvalue weighted by Crippen LogP contribution is -2.33. The number of carbonyl (C=O) groups excluding carboxylic acids is 1. The van der Waals surface area contributed by atoms with Crippen LogP contribution in [0.3, 0.4) is 0 Å². The Balaban J connectivity index is 1.42. The van der Waals surface area contributed by atoms with Crippen molar-refractivity contribution < 1.29 is 42.6 Å². The summed E-state index contributed by atoms with van der Waals surface area (Å²) in [5.74, 6) is 0.0271. The summed E-state index contributed by atoms with van der Waals surface area (Å²) in [5.41, 5.74) is 0.778. The molecule has 0 bridgehead atoms. The molecule has 6 N–H and O–H groups in total. The summed E-state index contributed by atoms with van der Waals surface area (Å²) >= 11 is 0. The van der Waals surface area contributed by atoms with E-state index in [1.165, 1.54) is 23.0 Å². The standard InChI is InChI=1S/C22H26N6O9S/c29-8-14-17(30)18(31)22(37-14)28-10-24-16-19(25-12-5-6-36-9-12)26-15(27-20(16)28)7-23-21(32)11-1-3-13(4-2-11)38(33,34)35/h1-4,10,12,14,17-18,22,29-31H,5-9H2,(H,23,32)(H,25,26,27)(H,33,34,35)/t12?,14-,17-,18-,22-/m1/s1. The van der Waals surface area contributed by atoms with Crippen LogP contribution < -0.4 is 10.6 Å². The van der Waals surface area contributed by atoms with E-state index in [-0.39, 0.29) is 34.5 Å². The molecule has 15 nitrogen and oxygen atoms in total. The van der Waals surface area contributed by atoms with Crippen LogP contribution in [0.25, 0.3) is 11.2 Å². The number of rotatable bonds is 8. The lowest BCUT2D eigenvalue weighted by Gasteiger charge is -2.18. The van der Waals surface area contributed by atoms with E-state index in [4.69, 9.17) is 14.0 Å². The fourth-order valence-electron chi connectivity index (χ4n) is 4.32. The summed E-state index contributed by atoms with van der Waals surface area (Å²) in [6.07, 6.45) is -2.61. The van der Waals surface area contributed by atoms with Gasteiger partial charge in [0.05, 0.1) is 37.0 Å². The molecule has 204 valence electrons. The van der Waals surface area contributed by atoms with Crippen molar-refractivity contribution in [2.75, 3.05) is 25.1 Å². The van der Waals surface area contributed by atoms with E-state index >= 15 is 0 Å². The highest BCUT2D eigenvalue weighted by molar-refractivity contribution is 7.85. The topological polar surface area (TPSA) is 218 Å². The van der Waals surface area contributed by atoms with Crippen LogP contribution in [-0.4, -0.2) is 97.9 Å². The van der Waals surface area contributed by atoms with Gasteiger partial charge in [-0.3, -0.25) is 13.9 Å². The number of imidazole rings is 1. The van der Waals surface area contributed by atoms with Crippen molar-refractivity contribution in [2.24, 2.45) is 0 Å². The summed E-state index contributed by atoms with van der Waals surface area (Å²) < 4.78 is 44.0. The number of carbonyl (C=O) groups is 1. The molecule has 1 amide bonds. The molecule has 38 heavy (non-hydrogen) atoms. The molecule has 0 aliphatic carbocycles. The molecule has 5 atom stereocenters. The molecular weight excluding hydrogens is 524 g/mol. The summed E-state index contributed by atoms with van der Waals surface area (Å²) in [6.45, 7) is 0.438. The average molecular weight is 551 g/mol. The van der Waals surface area contributed by atoms with Crippen molar-refractivity contribution in [3.63, 3.8) is 0 Å². The lowest BCUT2D eigenvalue weighted by molar-refractivity contribution is -0.0511. The van der Waals surface area contributed by atoms with Crippen LogP contribution in [0.5, 0.6) is 0 Å². The number of hydrogen-bond donors (Lipinski definition) is 6. The Bertz CT molecular complexity index is 1430. The van der Waals surface area contributed by atoms with Crippen LogP contribution in [0.1, 0.15) is 28.8 Å². The second-order valence-electron chi connectivity index (χ2n) is 8.93. The van der Waals surface area contributed by atoms with Crippen LogP contribution >= 0.6 is 0 Å². The minimum atomic E-state index is -4.39. The first-order valence-corrected chi connectivity index (χ1v) is 13.2. The number of fused-ring (bicyclic) bond motifs is 1. The molecule has 0 saturated carbocycles. The number of anilines is 1. The largest absolute Gasteiger partial charge is 0.394 e. The minimum Gasteiger partial charge on any atom is -0.394 e. The van der Waals surface area contributed by atoms with Gasteiger partial charge in [0.1, 0.15) is 18.3 Å². The summed E-state index contributed by atoms with van der Waals surface area (Å²) in [6, 6.07) is 4.70. The molecule has 5 rings (SSSR count). The lowest BCUT2D eigenvalue weighted by atomic mass is 10.1. The zero-order valence-corrected chi connectivity index (χ0v) is 20.7. The third-order valence-electron chi connectivity index (χ3n) is 6.35. The first-order valence-electron chi connectivity index (χ1n) is 11.7. The van der Waals surface area contributed by atoms with E-state index < -0.39 is 47.2 Å². The van der Waals surface area contributed by atoms with Crippen molar-refractivity contribution in [1.82, 2.24) is 24.8 Å². The highest BCUT2D eigenvalue weighted by Gasteiger charge is 2.44. The molecule has 2 aliphatic heterocycles. The van der Waals surface area contributed by atoms with Crippen molar-refractivity contribution in [3.05, 3.63) is 42.0 Å². The van der Waals surface area contributed by atoms with Gasteiger partial charge in [-0.2, -0.15) is 8.42 Å². The third-order valence-corrected chi connectivity index (χ3v) is 7.22. The van der Waals surface area contributed by atoms with Crippen molar-refractivity contribution in [3.8, 4) is 0 Å². The Hall–Kier alpha value is -3.25. The van der Waals surface area contributed by atoms with E-state index in [0.717, 1.165) is 18.6 Å². The van der Waals surface area contributed by atoms with Gasteiger partial charge in [-0.25, -0.2) is 15.0 Å². The van der Waals surface area contributed by atoms with Crippen molar-refractivity contribution >= 4 is 33.0 Å². The molecule has 16 heteroatoms. The molecular formula is C22H26N6O9S. The number of benzene rings is 1. The van der Waals surface area contributed by atoms with Gasteiger partial charge < -0.3 is 35.4 Å². The normalized spacial score (nSPS) is 25.6. The molecule has 4 heterocycles. The smallest absolute Gasteiger partial charge is 0.294 e. The van der Waals surface area contributed by atoms with Gasteiger partial charge in [0.25, 0.3) is 16.0 Å². The zero-order valence-electron chi connectivity index (χ0n) is 19.8. The quantitative estimate of drug-likeness (QED) is 0.182. The monoisotopic (exact) mass is 550 g/mol. The average Bonchev–Trinajstić information content (AvgIpc) is 3.62. The first kappa shape index (κ1) is 26.4. The fraction of sp³-hybridized carbons (Fsp3) is 0.455. The molecule has 3 aromatic rings. The Morgan fingerprint density at radius 3 is 2.55 bits per heavy atom. The number of aliphatic hydroxyl groups excluding tert-OH is 3. The van der Waals surface area contributed by atoms with Gasteiger partial charge in [-0.15, -0.1) is 0 Å². The number of nitrogens with zero attached hydrogens (tertiary/aromatic N) is 4. The predicted molar refractivity (Wildman–Crippen MR) is 129 cm³/mol. The minimum absolute atomic E-state index is 0.0316.